The Hall–Kier alpha value is -1.58. The molecule has 2 aliphatic rings. The van der Waals surface area contributed by atoms with Crippen LogP contribution in [-0.2, 0) is 19.6 Å². The second-order valence-electron chi connectivity index (χ2n) is 7.32. The quantitative estimate of drug-likeness (QED) is 0.756. The number of nitrogens with zero attached hydrogens (tertiary/aromatic N) is 2. The molecular weight excluding hydrogens is 398 g/mol. The van der Waals surface area contributed by atoms with Gasteiger partial charge in [0, 0.05) is 31.0 Å². The molecule has 2 heterocycles. The molecule has 3 rings (SSSR count). The number of hydrogen-bond acceptors (Lipinski definition) is 5. The SMILES string of the molecule is CCN(CC)S(=O)(=O)c1cc(NC(=O)[C@H]2CS[C@@]3(C)CCC(=O)N23)ccc1C. The number of thioether (sulfide) groups is 1. The van der Waals surface area contributed by atoms with E-state index in [1.165, 1.54) is 10.4 Å². The van der Waals surface area contributed by atoms with E-state index in [1.807, 2.05) is 6.92 Å². The van der Waals surface area contributed by atoms with Crippen molar-refractivity contribution in [2.45, 2.75) is 56.3 Å². The minimum Gasteiger partial charge on any atom is -0.324 e. The standard InChI is InChI=1S/C19H27N3O4S2/c1-5-21(6-2)28(25,26)16-11-14(8-7-13(16)3)20-18(24)15-12-27-19(4)10-9-17(23)22(15)19/h7-8,11,15H,5-6,9-10,12H2,1-4H3,(H,20,24)/t15-,19+/m1/s1. The normalized spacial score (nSPS) is 24.7. The zero-order chi connectivity index (χ0) is 20.7. The van der Waals surface area contributed by atoms with Gasteiger partial charge in [-0.05, 0) is 38.0 Å². The molecule has 2 amide bonds. The van der Waals surface area contributed by atoms with Crippen molar-refractivity contribution in [1.29, 1.82) is 0 Å². The monoisotopic (exact) mass is 425 g/mol. The number of carbonyl (C=O) groups is 2. The highest BCUT2D eigenvalue weighted by Gasteiger charge is 2.52. The molecule has 7 nitrogen and oxygen atoms in total. The van der Waals surface area contributed by atoms with E-state index in [1.54, 1.807) is 49.6 Å². The Bertz CT molecular complexity index is 898. The van der Waals surface area contributed by atoms with Gasteiger partial charge >= 0.3 is 0 Å². The first-order valence-corrected chi connectivity index (χ1v) is 11.9. The Balaban J connectivity index is 1.84. The maximum Gasteiger partial charge on any atom is 0.248 e. The lowest BCUT2D eigenvalue weighted by molar-refractivity contribution is -0.135. The summed E-state index contributed by atoms with van der Waals surface area (Å²) in [6.07, 6.45) is 1.21. The first-order chi connectivity index (χ1) is 13.1. The summed E-state index contributed by atoms with van der Waals surface area (Å²) in [6, 6.07) is 4.37. The summed E-state index contributed by atoms with van der Waals surface area (Å²) < 4.78 is 27.2. The third-order valence-electron chi connectivity index (χ3n) is 5.53. The number of fused-ring (bicyclic) bond motifs is 1. The van der Waals surface area contributed by atoms with E-state index in [-0.39, 0.29) is 21.6 Å². The highest BCUT2D eigenvalue weighted by Crippen LogP contribution is 2.47. The van der Waals surface area contributed by atoms with Crippen molar-refractivity contribution in [1.82, 2.24) is 9.21 Å². The van der Waals surface area contributed by atoms with E-state index in [9.17, 15) is 18.0 Å². The maximum absolute atomic E-state index is 12.9. The van der Waals surface area contributed by atoms with Crippen molar-refractivity contribution in [3.63, 3.8) is 0 Å². The van der Waals surface area contributed by atoms with Gasteiger partial charge in [0.15, 0.2) is 0 Å². The Morgan fingerprint density at radius 1 is 1.36 bits per heavy atom. The van der Waals surface area contributed by atoms with Crippen molar-refractivity contribution in [2.75, 3.05) is 24.2 Å². The van der Waals surface area contributed by atoms with E-state index in [4.69, 9.17) is 0 Å². The van der Waals surface area contributed by atoms with Crippen LogP contribution in [0.15, 0.2) is 23.1 Å². The minimum atomic E-state index is -3.63. The number of benzene rings is 1. The molecule has 0 bridgehead atoms. The number of aryl methyl sites for hydroxylation is 1. The van der Waals surface area contributed by atoms with Crippen LogP contribution in [0, 0.1) is 6.92 Å². The lowest BCUT2D eigenvalue weighted by atomic mass is 10.2. The first-order valence-electron chi connectivity index (χ1n) is 9.52. The lowest BCUT2D eigenvalue weighted by Gasteiger charge is -2.29. The fourth-order valence-electron chi connectivity index (χ4n) is 3.90. The molecule has 0 spiro atoms. The molecule has 1 aromatic rings. The van der Waals surface area contributed by atoms with Crippen molar-refractivity contribution >= 4 is 39.3 Å². The van der Waals surface area contributed by atoms with Gasteiger partial charge in [0.2, 0.25) is 21.8 Å². The van der Waals surface area contributed by atoms with E-state index in [0.717, 1.165) is 6.42 Å². The molecule has 28 heavy (non-hydrogen) atoms. The third kappa shape index (κ3) is 3.55. The fraction of sp³-hybridized carbons (Fsp3) is 0.579. The highest BCUT2D eigenvalue weighted by atomic mass is 32.2. The smallest absolute Gasteiger partial charge is 0.248 e. The van der Waals surface area contributed by atoms with Gasteiger partial charge in [0.05, 0.1) is 9.77 Å². The van der Waals surface area contributed by atoms with E-state index in [0.29, 0.717) is 36.5 Å². The molecule has 1 aromatic carbocycles. The third-order valence-corrected chi connectivity index (χ3v) is 9.22. The molecule has 2 aliphatic heterocycles. The molecule has 2 saturated heterocycles. The second-order valence-corrected chi connectivity index (χ2v) is 10.7. The summed E-state index contributed by atoms with van der Waals surface area (Å²) in [7, 11) is -3.63. The summed E-state index contributed by atoms with van der Waals surface area (Å²) >= 11 is 1.63. The van der Waals surface area contributed by atoms with Crippen LogP contribution < -0.4 is 5.32 Å². The van der Waals surface area contributed by atoms with Gasteiger partial charge in [-0.2, -0.15) is 4.31 Å². The molecule has 2 atom stereocenters. The van der Waals surface area contributed by atoms with E-state index < -0.39 is 16.1 Å². The van der Waals surface area contributed by atoms with Gasteiger partial charge in [0.1, 0.15) is 6.04 Å². The Morgan fingerprint density at radius 3 is 2.68 bits per heavy atom. The number of anilines is 1. The predicted molar refractivity (Wildman–Crippen MR) is 111 cm³/mol. The summed E-state index contributed by atoms with van der Waals surface area (Å²) in [5.74, 6) is 0.271. The van der Waals surface area contributed by atoms with Gasteiger partial charge in [-0.25, -0.2) is 8.42 Å². The lowest BCUT2D eigenvalue weighted by Crippen LogP contribution is -2.48. The van der Waals surface area contributed by atoms with Crippen LogP contribution in [0.3, 0.4) is 0 Å². The molecular formula is C19H27N3O4S2. The molecule has 1 N–H and O–H groups in total. The number of rotatable bonds is 6. The molecule has 9 heteroatoms. The summed E-state index contributed by atoms with van der Waals surface area (Å²) in [6.45, 7) is 8.09. The maximum atomic E-state index is 12.9. The number of nitrogens with one attached hydrogen (secondary N) is 1. The summed E-state index contributed by atoms with van der Waals surface area (Å²) in [4.78, 5) is 26.7. The zero-order valence-electron chi connectivity index (χ0n) is 16.7. The molecule has 0 radical (unpaired) electrons. The van der Waals surface area contributed by atoms with Gasteiger partial charge in [-0.3, -0.25) is 9.59 Å². The Labute approximate surface area is 170 Å². The van der Waals surface area contributed by atoms with Gasteiger partial charge < -0.3 is 10.2 Å². The van der Waals surface area contributed by atoms with Crippen molar-refractivity contribution in [3.05, 3.63) is 23.8 Å². The van der Waals surface area contributed by atoms with E-state index >= 15 is 0 Å². The molecule has 0 aromatic heterocycles. The van der Waals surface area contributed by atoms with Crippen LogP contribution >= 0.6 is 11.8 Å². The number of carbonyl (C=O) groups excluding carboxylic acids is 2. The van der Waals surface area contributed by atoms with Crippen LogP contribution in [0.2, 0.25) is 0 Å². The molecule has 2 fully saturated rings. The Kier molecular flexibility index (Phi) is 5.80. The number of sulfonamides is 1. The topological polar surface area (TPSA) is 86.8 Å². The van der Waals surface area contributed by atoms with Gasteiger partial charge in [0.25, 0.3) is 0 Å². The average molecular weight is 426 g/mol. The minimum absolute atomic E-state index is 0.00126. The molecule has 0 aliphatic carbocycles. The van der Waals surface area contributed by atoms with E-state index in [2.05, 4.69) is 5.32 Å². The second kappa shape index (κ2) is 7.68. The summed E-state index contributed by atoms with van der Waals surface area (Å²) in [5, 5.41) is 2.82. The predicted octanol–water partition coefficient (Wildman–Crippen LogP) is 2.42. The van der Waals surface area contributed by atoms with Crippen LogP contribution in [0.1, 0.15) is 39.2 Å². The Morgan fingerprint density at radius 2 is 2.04 bits per heavy atom. The fourth-order valence-corrected chi connectivity index (χ4v) is 7.04. The van der Waals surface area contributed by atoms with Crippen LogP contribution in [0.4, 0.5) is 5.69 Å². The van der Waals surface area contributed by atoms with Crippen LogP contribution in [-0.4, -0.2) is 59.2 Å². The molecule has 154 valence electrons. The number of hydrogen-bond donors (Lipinski definition) is 1. The average Bonchev–Trinajstić information content (AvgIpc) is 3.13. The molecule has 0 saturated carbocycles. The zero-order valence-corrected chi connectivity index (χ0v) is 18.3. The molecule has 0 unspecified atom stereocenters. The largest absolute Gasteiger partial charge is 0.324 e. The van der Waals surface area contributed by atoms with Crippen molar-refractivity contribution in [2.24, 2.45) is 0 Å². The number of amides is 2. The van der Waals surface area contributed by atoms with Crippen molar-refractivity contribution < 1.29 is 18.0 Å². The van der Waals surface area contributed by atoms with Crippen LogP contribution in [0.5, 0.6) is 0 Å². The first kappa shape index (κ1) is 21.1. The summed E-state index contributed by atoms with van der Waals surface area (Å²) in [5.41, 5.74) is 1.05. The van der Waals surface area contributed by atoms with Gasteiger partial charge in [-0.15, -0.1) is 11.8 Å². The van der Waals surface area contributed by atoms with Crippen molar-refractivity contribution in [3.8, 4) is 0 Å². The van der Waals surface area contributed by atoms with Crippen LogP contribution in [0.25, 0.3) is 0 Å². The van der Waals surface area contributed by atoms with Gasteiger partial charge in [-0.1, -0.05) is 19.9 Å². The highest BCUT2D eigenvalue weighted by molar-refractivity contribution is 8.01.